The van der Waals surface area contributed by atoms with Crippen molar-refractivity contribution in [3.05, 3.63) is 30.1 Å². The van der Waals surface area contributed by atoms with Crippen LogP contribution < -0.4 is 5.32 Å². The SMILES string of the molecule is O=C(Nc1cccc(F)c1)N1CCC(CN2CCOCC2)C1. The van der Waals surface area contributed by atoms with E-state index in [4.69, 9.17) is 4.74 Å². The molecule has 2 saturated heterocycles. The first-order valence-electron chi connectivity index (χ1n) is 7.82. The fraction of sp³-hybridized carbons (Fsp3) is 0.562. The highest BCUT2D eigenvalue weighted by molar-refractivity contribution is 5.89. The monoisotopic (exact) mass is 307 g/mol. The first-order chi connectivity index (χ1) is 10.7. The van der Waals surface area contributed by atoms with Crippen molar-refractivity contribution in [2.45, 2.75) is 6.42 Å². The molecule has 0 bridgehead atoms. The molecule has 1 atom stereocenters. The summed E-state index contributed by atoms with van der Waals surface area (Å²) in [6.45, 7) is 6.10. The molecule has 2 aliphatic heterocycles. The van der Waals surface area contributed by atoms with Gasteiger partial charge < -0.3 is 15.0 Å². The van der Waals surface area contributed by atoms with Gasteiger partial charge in [-0.05, 0) is 30.5 Å². The van der Waals surface area contributed by atoms with E-state index >= 15 is 0 Å². The van der Waals surface area contributed by atoms with Crippen LogP contribution in [0.2, 0.25) is 0 Å². The Morgan fingerprint density at radius 2 is 2.14 bits per heavy atom. The molecule has 5 nitrogen and oxygen atoms in total. The van der Waals surface area contributed by atoms with Crippen molar-refractivity contribution in [2.24, 2.45) is 5.92 Å². The highest BCUT2D eigenvalue weighted by Gasteiger charge is 2.28. The van der Waals surface area contributed by atoms with E-state index in [9.17, 15) is 9.18 Å². The minimum Gasteiger partial charge on any atom is -0.379 e. The molecule has 6 heteroatoms. The van der Waals surface area contributed by atoms with Gasteiger partial charge in [-0.15, -0.1) is 0 Å². The molecule has 2 amide bonds. The molecule has 120 valence electrons. The number of hydrogen-bond donors (Lipinski definition) is 1. The summed E-state index contributed by atoms with van der Waals surface area (Å²) in [7, 11) is 0. The number of nitrogens with one attached hydrogen (secondary N) is 1. The van der Waals surface area contributed by atoms with Crippen molar-refractivity contribution in [3.63, 3.8) is 0 Å². The van der Waals surface area contributed by atoms with Gasteiger partial charge in [0.2, 0.25) is 0 Å². The molecule has 1 unspecified atom stereocenters. The lowest BCUT2D eigenvalue weighted by molar-refractivity contribution is 0.0314. The Morgan fingerprint density at radius 1 is 1.32 bits per heavy atom. The van der Waals surface area contributed by atoms with Crippen molar-refractivity contribution < 1.29 is 13.9 Å². The van der Waals surface area contributed by atoms with Gasteiger partial charge in [0.15, 0.2) is 0 Å². The van der Waals surface area contributed by atoms with E-state index in [1.807, 2.05) is 4.90 Å². The van der Waals surface area contributed by atoms with E-state index in [2.05, 4.69) is 10.2 Å². The van der Waals surface area contributed by atoms with Crippen LogP contribution in [0.4, 0.5) is 14.9 Å². The van der Waals surface area contributed by atoms with Gasteiger partial charge in [0.25, 0.3) is 0 Å². The van der Waals surface area contributed by atoms with Crippen molar-refractivity contribution in [2.75, 3.05) is 51.3 Å². The molecule has 22 heavy (non-hydrogen) atoms. The van der Waals surface area contributed by atoms with Crippen molar-refractivity contribution >= 4 is 11.7 Å². The van der Waals surface area contributed by atoms with Gasteiger partial charge in [0.1, 0.15) is 5.82 Å². The molecule has 2 fully saturated rings. The predicted octanol–water partition coefficient (Wildman–Crippen LogP) is 2.01. The minimum absolute atomic E-state index is 0.143. The number of benzene rings is 1. The van der Waals surface area contributed by atoms with E-state index < -0.39 is 0 Å². The molecule has 3 rings (SSSR count). The van der Waals surface area contributed by atoms with Gasteiger partial charge in [-0.1, -0.05) is 6.07 Å². The molecule has 0 radical (unpaired) electrons. The Labute approximate surface area is 130 Å². The highest BCUT2D eigenvalue weighted by Crippen LogP contribution is 2.19. The number of urea groups is 1. The maximum atomic E-state index is 13.1. The van der Waals surface area contributed by atoms with Crippen LogP contribution in [0.15, 0.2) is 24.3 Å². The summed E-state index contributed by atoms with van der Waals surface area (Å²) in [5, 5.41) is 2.76. The summed E-state index contributed by atoms with van der Waals surface area (Å²) in [6.07, 6.45) is 1.02. The number of halogens is 1. The van der Waals surface area contributed by atoms with E-state index in [1.54, 1.807) is 12.1 Å². The van der Waals surface area contributed by atoms with Crippen LogP contribution in [0.5, 0.6) is 0 Å². The fourth-order valence-electron chi connectivity index (χ4n) is 3.08. The van der Waals surface area contributed by atoms with Gasteiger partial charge in [-0.25, -0.2) is 9.18 Å². The van der Waals surface area contributed by atoms with E-state index in [1.165, 1.54) is 12.1 Å². The van der Waals surface area contributed by atoms with E-state index in [0.717, 1.165) is 52.4 Å². The zero-order valence-electron chi connectivity index (χ0n) is 12.6. The Balaban J connectivity index is 1.48. The van der Waals surface area contributed by atoms with Gasteiger partial charge in [-0.3, -0.25) is 4.90 Å². The zero-order valence-corrected chi connectivity index (χ0v) is 12.6. The number of anilines is 1. The number of amides is 2. The van der Waals surface area contributed by atoms with Crippen LogP contribution in [0.25, 0.3) is 0 Å². The Morgan fingerprint density at radius 3 is 2.91 bits per heavy atom. The van der Waals surface area contributed by atoms with E-state index in [-0.39, 0.29) is 11.8 Å². The zero-order chi connectivity index (χ0) is 15.4. The summed E-state index contributed by atoms with van der Waals surface area (Å²) >= 11 is 0. The number of morpholine rings is 1. The highest BCUT2D eigenvalue weighted by atomic mass is 19.1. The number of rotatable bonds is 3. The number of ether oxygens (including phenoxy) is 1. The Hall–Kier alpha value is -1.66. The summed E-state index contributed by atoms with van der Waals surface area (Å²) < 4.78 is 18.5. The first kappa shape index (κ1) is 15.2. The largest absolute Gasteiger partial charge is 0.379 e. The lowest BCUT2D eigenvalue weighted by atomic mass is 10.1. The molecular weight excluding hydrogens is 285 g/mol. The Bertz CT molecular complexity index is 520. The smallest absolute Gasteiger partial charge is 0.321 e. The quantitative estimate of drug-likeness (QED) is 0.929. The number of likely N-dealkylation sites (tertiary alicyclic amines) is 1. The topological polar surface area (TPSA) is 44.8 Å². The fourth-order valence-corrected chi connectivity index (χ4v) is 3.08. The van der Waals surface area contributed by atoms with Gasteiger partial charge in [0.05, 0.1) is 13.2 Å². The number of hydrogen-bond acceptors (Lipinski definition) is 3. The second-order valence-corrected chi connectivity index (χ2v) is 5.95. The molecule has 1 aromatic carbocycles. The summed E-state index contributed by atoms with van der Waals surface area (Å²) in [4.78, 5) is 16.4. The van der Waals surface area contributed by atoms with Crippen molar-refractivity contribution in [1.82, 2.24) is 9.80 Å². The predicted molar refractivity (Wildman–Crippen MR) is 82.4 cm³/mol. The molecule has 1 aromatic rings. The standard InChI is InChI=1S/C16H22FN3O2/c17-14-2-1-3-15(10-14)18-16(21)20-5-4-13(12-20)11-19-6-8-22-9-7-19/h1-3,10,13H,4-9,11-12H2,(H,18,21). The summed E-state index contributed by atoms with van der Waals surface area (Å²) in [6, 6.07) is 5.84. The third-order valence-electron chi connectivity index (χ3n) is 4.27. The van der Waals surface area contributed by atoms with Crippen LogP contribution in [0.3, 0.4) is 0 Å². The van der Waals surface area contributed by atoms with E-state index in [0.29, 0.717) is 11.6 Å². The number of carbonyl (C=O) groups is 1. The van der Waals surface area contributed by atoms with Gasteiger partial charge >= 0.3 is 6.03 Å². The van der Waals surface area contributed by atoms with Crippen LogP contribution in [-0.4, -0.2) is 61.8 Å². The molecule has 2 heterocycles. The average molecular weight is 307 g/mol. The van der Waals surface area contributed by atoms with Crippen LogP contribution in [-0.2, 0) is 4.74 Å². The molecule has 2 aliphatic rings. The summed E-state index contributed by atoms with van der Waals surface area (Å²) in [5.74, 6) is 0.167. The molecule has 0 aromatic heterocycles. The number of nitrogens with zero attached hydrogens (tertiary/aromatic N) is 2. The lowest BCUT2D eigenvalue weighted by Crippen LogP contribution is -2.40. The summed E-state index contributed by atoms with van der Waals surface area (Å²) in [5.41, 5.74) is 0.502. The minimum atomic E-state index is -0.343. The van der Waals surface area contributed by atoms with Gasteiger partial charge in [0, 0.05) is 38.4 Å². The van der Waals surface area contributed by atoms with Crippen LogP contribution >= 0.6 is 0 Å². The molecule has 0 saturated carbocycles. The maximum absolute atomic E-state index is 13.1. The molecule has 1 N–H and O–H groups in total. The normalized spacial score (nSPS) is 22.8. The maximum Gasteiger partial charge on any atom is 0.321 e. The third-order valence-corrected chi connectivity index (χ3v) is 4.27. The first-order valence-corrected chi connectivity index (χ1v) is 7.82. The second kappa shape index (κ2) is 7.07. The van der Waals surface area contributed by atoms with Crippen LogP contribution in [0.1, 0.15) is 6.42 Å². The van der Waals surface area contributed by atoms with Crippen LogP contribution in [0, 0.1) is 11.7 Å². The average Bonchev–Trinajstić information content (AvgIpc) is 2.97. The van der Waals surface area contributed by atoms with Crippen molar-refractivity contribution in [1.29, 1.82) is 0 Å². The second-order valence-electron chi connectivity index (χ2n) is 5.95. The number of carbonyl (C=O) groups excluding carboxylic acids is 1. The third kappa shape index (κ3) is 3.96. The Kier molecular flexibility index (Phi) is 4.90. The molecular formula is C16H22FN3O2. The van der Waals surface area contributed by atoms with Crippen molar-refractivity contribution in [3.8, 4) is 0 Å². The molecule has 0 spiro atoms. The molecule has 0 aliphatic carbocycles. The van der Waals surface area contributed by atoms with Gasteiger partial charge in [-0.2, -0.15) is 0 Å². The lowest BCUT2D eigenvalue weighted by Gasteiger charge is -2.29.